The highest BCUT2D eigenvalue weighted by molar-refractivity contribution is 7.98. The Hall–Kier alpha value is -1.94. The Kier molecular flexibility index (Phi) is 17.8. The topological polar surface area (TPSA) is 35.5 Å². The summed E-state index contributed by atoms with van der Waals surface area (Å²) < 4.78 is 11.6. The minimum absolute atomic E-state index is 0.0322. The molecule has 0 radical (unpaired) electrons. The number of rotatable bonds is 22. The highest BCUT2D eigenvalue weighted by Crippen LogP contribution is 2.25. The van der Waals surface area contributed by atoms with Crippen molar-refractivity contribution in [3.63, 3.8) is 0 Å². The molecule has 38 heavy (non-hydrogen) atoms. The van der Waals surface area contributed by atoms with Crippen LogP contribution in [0.2, 0.25) is 0 Å². The van der Waals surface area contributed by atoms with Gasteiger partial charge in [0.05, 0.1) is 18.3 Å². The SMILES string of the molecule is CCCCCCCCCCCCOc1ccc(CSc2ccc(C(=O)O[C@@H](C)CCCCCC)cc2)cc1. The maximum Gasteiger partial charge on any atom is 0.338 e. The zero-order chi connectivity index (χ0) is 27.3. The summed E-state index contributed by atoms with van der Waals surface area (Å²) in [4.78, 5) is 13.6. The van der Waals surface area contributed by atoms with Crippen LogP contribution in [0.15, 0.2) is 53.4 Å². The van der Waals surface area contributed by atoms with Gasteiger partial charge in [-0.2, -0.15) is 0 Å². The van der Waals surface area contributed by atoms with E-state index in [4.69, 9.17) is 9.47 Å². The summed E-state index contributed by atoms with van der Waals surface area (Å²) in [7, 11) is 0. The summed E-state index contributed by atoms with van der Waals surface area (Å²) in [6.07, 6.45) is 19.1. The molecule has 0 amide bonds. The molecule has 0 aliphatic heterocycles. The van der Waals surface area contributed by atoms with Crippen LogP contribution in [-0.4, -0.2) is 18.7 Å². The second-order valence-corrected chi connectivity index (χ2v) is 11.6. The summed E-state index contributed by atoms with van der Waals surface area (Å²) >= 11 is 1.77. The van der Waals surface area contributed by atoms with E-state index in [9.17, 15) is 4.79 Å². The average Bonchev–Trinajstić information content (AvgIpc) is 2.94. The lowest BCUT2D eigenvalue weighted by molar-refractivity contribution is 0.0319. The number of thioether (sulfide) groups is 1. The van der Waals surface area contributed by atoms with Gasteiger partial charge in [0.25, 0.3) is 0 Å². The summed E-state index contributed by atoms with van der Waals surface area (Å²) in [5, 5.41) is 0. The van der Waals surface area contributed by atoms with Gasteiger partial charge in [0, 0.05) is 10.6 Å². The number of ether oxygens (including phenoxy) is 2. The number of carbonyl (C=O) groups is 1. The minimum Gasteiger partial charge on any atom is -0.494 e. The van der Waals surface area contributed by atoms with Crippen molar-refractivity contribution < 1.29 is 14.3 Å². The van der Waals surface area contributed by atoms with Crippen molar-refractivity contribution in [2.24, 2.45) is 0 Å². The van der Waals surface area contributed by atoms with Crippen molar-refractivity contribution in [3.05, 3.63) is 59.7 Å². The van der Waals surface area contributed by atoms with E-state index in [1.807, 2.05) is 31.2 Å². The molecule has 212 valence electrons. The second-order valence-electron chi connectivity index (χ2n) is 10.6. The number of esters is 1. The van der Waals surface area contributed by atoms with E-state index in [2.05, 4.69) is 38.1 Å². The number of carbonyl (C=O) groups excluding carboxylic acids is 1. The van der Waals surface area contributed by atoms with Crippen molar-refractivity contribution >= 4 is 17.7 Å². The van der Waals surface area contributed by atoms with Crippen molar-refractivity contribution in [1.29, 1.82) is 0 Å². The van der Waals surface area contributed by atoms with Crippen molar-refractivity contribution in [2.45, 2.75) is 134 Å². The molecule has 2 rings (SSSR count). The third kappa shape index (κ3) is 14.9. The van der Waals surface area contributed by atoms with E-state index in [0.29, 0.717) is 5.56 Å². The van der Waals surface area contributed by atoms with Crippen molar-refractivity contribution in [1.82, 2.24) is 0 Å². The lowest BCUT2D eigenvalue weighted by Gasteiger charge is -2.13. The summed E-state index contributed by atoms with van der Waals surface area (Å²) in [5.41, 5.74) is 1.89. The monoisotopic (exact) mass is 540 g/mol. The van der Waals surface area contributed by atoms with Gasteiger partial charge in [-0.3, -0.25) is 0 Å². The quantitative estimate of drug-likeness (QED) is 0.0845. The highest BCUT2D eigenvalue weighted by atomic mass is 32.2. The number of benzene rings is 2. The van der Waals surface area contributed by atoms with Crippen LogP contribution in [0.3, 0.4) is 0 Å². The van der Waals surface area contributed by atoms with Gasteiger partial charge in [0.15, 0.2) is 0 Å². The maximum atomic E-state index is 12.4. The zero-order valence-electron chi connectivity index (χ0n) is 24.3. The Balaban J connectivity index is 1.58. The van der Waals surface area contributed by atoms with E-state index >= 15 is 0 Å². The largest absolute Gasteiger partial charge is 0.494 e. The molecule has 2 aromatic rings. The summed E-state index contributed by atoms with van der Waals surface area (Å²) in [6.45, 7) is 7.27. The first kappa shape index (κ1) is 32.3. The van der Waals surface area contributed by atoms with Gasteiger partial charge in [0.2, 0.25) is 0 Å². The fourth-order valence-corrected chi connectivity index (χ4v) is 5.34. The zero-order valence-corrected chi connectivity index (χ0v) is 25.2. The van der Waals surface area contributed by atoms with Gasteiger partial charge in [-0.1, -0.05) is 103 Å². The van der Waals surface area contributed by atoms with Gasteiger partial charge >= 0.3 is 5.97 Å². The third-order valence-corrected chi connectivity index (χ3v) is 8.04. The van der Waals surface area contributed by atoms with Crippen LogP contribution in [-0.2, 0) is 10.5 Å². The predicted octanol–water partition coefficient (Wildman–Crippen LogP) is 10.8. The van der Waals surface area contributed by atoms with E-state index < -0.39 is 0 Å². The lowest BCUT2D eigenvalue weighted by atomic mass is 10.1. The van der Waals surface area contributed by atoms with E-state index in [0.717, 1.165) is 42.3 Å². The first-order valence-corrected chi connectivity index (χ1v) is 16.3. The molecule has 0 bridgehead atoms. The van der Waals surface area contributed by atoms with Gasteiger partial charge in [-0.25, -0.2) is 4.79 Å². The lowest BCUT2D eigenvalue weighted by Crippen LogP contribution is -2.15. The smallest absolute Gasteiger partial charge is 0.338 e. The molecule has 2 aromatic carbocycles. The fraction of sp³-hybridized carbons (Fsp3) is 0.618. The second kappa shape index (κ2) is 21.0. The Morgan fingerprint density at radius 1 is 0.711 bits per heavy atom. The molecule has 4 heteroatoms. The molecular weight excluding hydrogens is 488 g/mol. The molecule has 0 aliphatic rings. The molecule has 1 atom stereocenters. The number of unbranched alkanes of at least 4 members (excludes halogenated alkanes) is 12. The average molecular weight is 541 g/mol. The molecule has 0 spiro atoms. The van der Waals surface area contributed by atoms with Crippen LogP contribution in [0.1, 0.15) is 133 Å². The first-order valence-electron chi connectivity index (χ1n) is 15.3. The number of hydrogen-bond donors (Lipinski definition) is 0. The van der Waals surface area contributed by atoms with Crippen molar-refractivity contribution in [3.8, 4) is 5.75 Å². The van der Waals surface area contributed by atoms with Crippen LogP contribution in [0.25, 0.3) is 0 Å². The molecule has 0 saturated carbocycles. The van der Waals surface area contributed by atoms with Crippen LogP contribution < -0.4 is 4.74 Å². The van der Waals surface area contributed by atoms with Crippen LogP contribution in [0.4, 0.5) is 0 Å². The fourth-order valence-electron chi connectivity index (χ4n) is 4.48. The Bertz CT molecular complexity index is 847. The third-order valence-electron chi connectivity index (χ3n) is 6.96. The highest BCUT2D eigenvalue weighted by Gasteiger charge is 2.12. The van der Waals surface area contributed by atoms with Gasteiger partial charge < -0.3 is 9.47 Å². The van der Waals surface area contributed by atoms with Gasteiger partial charge in [-0.05, 0) is 68.1 Å². The Morgan fingerprint density at radius 2 is 1.26 bits per heavy atom. The maximum absolute atomic E-state index is 12.4. The Labute approximate surface area is 237 Å². The van der Waals surface area contributed by atoms with E-state index in [-0.39, 0.29) is 12.1 Å². The Morgan fingerprint density at radius 3 is 1.87 bits per heavy atom. The minimum atomic E-state index is -0.224. The molecule has 0 heterocycles. The molecular formula is C34H52O3S. The van der Waals surface area contributed by atoms with Crippen LogP contribution in [0, 0.1) is 0 Å². The van der Waals surface area contributed by atoms with Gasteiger partial charge in [0.1, 0.15) is 5.75 Å². The molecule has 0 saturated heterocycles. The van der Waals surface area contributed by atoms with E-state index in [1.165, 1.54) is 82.6 Å². The first-order chi connectivity index (χ1) is 18.6. The number of hydrogen-bond acceptors (Lipinski definition) is 4. The molecule has 0 unspecified atom stereocenters. The van der Waals surface area contributed by atoms with Crippen molar-refractivity contribution in [2.75, 3.05) is 6.61 Å². The molecule has 0 aromatic heterocycles. The summed E-state index contributed by atoms with van der Waals surface area (Å²) in [6, 6.07) is 16.2. The molecule has 0 aliphatic carbocycles. The van der Waals surface area contributed by atoms with Crippen LogP contribution >= 0.6 is 11.8 Å². The predicted molar refractivity (Wildman–Crippen MR) is 163 cm³/mol. The standard InChI is InChI=1S/C34H52O3S/c1-4-6-8-10-11-12-13-14-15-17-27-36-32-23-19-30(20-24-32)28-38-33-25-21-31(22-26-33)34(35)37-29(3)18-16-9-7-5-2/h19-26,29H,4-18,27-28H2,1-3H3/t29-/m0/s1. The van der Waals surface area contributed by atoms with E-state index in [1.54, 1.807) is 11.8 Å². The normalized spacial score (nSPS) is 11.9. The molecule has 3 nitrogen and oxygen atoms in total. The molecule has 0 N–H and O–H groups in total. The van der Waals surface area contributed by atoms with Crippen LogP contribution in [0.5, 0.6) is 5.75 Å². The summed E-state index contributed by atoms with van der Waals surface area (Å²) in [5.74, 6) is 1.62. The van der Waals surface area contributed by atoms with Gasteiger partial charge in [-0.15, -0.1) is 11.8 Å². The molecule has 0 fully saturated rings.